The molecule has 7 heteroatoms. The molecule has 0 aliphatic heterocycles. The van der Waals surface area contributed by atoms with Gasteiger partial charge in [-0.25, -0.2) is 8.42 Å². The predicted molar refractivity (Wildman–Crippen MR) is 97.1 cm³/mol. The summed E-state index contributed by atoms with van der Waals surface area (Å²) in [4.78, 5) is 13.3. The van der Waals surface area contributed by atoms with Crippen molar-refractivity contribution in [3.05, 3.63) is 51.7 Å². The Hall–Kier alpha value is -1.86. The number of hydrogen-bond donors (Lipinski definition) is 2. The number of rotatable bonds is 6. The molecule has 0 bridgehead atoms. The molecule has 0 radical (unpaired) electrons. The number of nitrogens with one attached hydrogen (secondary N) is 2. The van der Waals surface area contributed by atoms with Gasteiger partial charge in [0.25, 0.3) is 5.91 Å². The molecule has 1 fully saturated rings. The lowest BCUT2D eigenvalue weighted by Gasteiger charge is -2.16. The van der Waals surface area contributed by atoms with Crippen molar-refractivity contribution in [3.8, 4) is 0 Å². The fourth-order valence-corrected chi connectivity index (χ4v) is 4.09. The number of hydrogen-bond acceptors (Lipinski definition) is 4. The molecular formula is C17H20N2O3S2. The number of carbonyl (C=O) groups is 1. The van der Waals surface area contributed by atoms with Gasteiger partial charge in [0.05, 0.1) is 17.2 Å². The molecule has 1 aliphatic carbocycles. The molecule has 1 aromatic heterocycles. The van der Waals surface area contributed by atoms with Crippen LogP contribution in [-0.2, 0) is 10.0 Å². The van der Waals surface area contributed by atoms with Crippen molar-refractivity contribution in [2.75, 3.05) is 11.0 Å². The number of amides is 1. The van der Waals surface area contributed by atoms with Gasteiger partial charge in [-0.3, -0.25) is 9.52 Å². The Kier molecular flexibility index (Phi) is 4.64. The van der Waals surface area contributed by atoms with Gasteiger partial charge in [-0.1, -0.05) is 12.1 Å². The molecule has 1 amide bonds. The van der Waals surface area contributed by atoms with Crippen LogP contribution in [0.5, 0.6) is 0 Å². The number of anilines is 1. The van der Waals surface area contributed by atoms with Crippen LogP contribution in [0.4, 0.5) is 5.69 Å². The summed E-state index contributed by atoms with van der Waals surface area (Å²) < 4.78 is 25.1. The Morgan fingerprint density at radius 2 is 2.04 bits per heavy atom. The van der Waals surface area contributed by atoms with E-state index in [1.165, 1.54) is 11.3 Å². The molecule has 0 saturated heterocycles. The summed E-state index contributed by atoms with van der Waals surface area (Å²) in [6.45, 7) is 1.89. The Morgan fingerprint density at radius 1 is 1.29 bits per heavy atom. The zero-order chi connectivity index (χ0) is 17.3. The second-order valence-electron chi connectivity index (χ2n) is 6.17. The first-order chi connectivity index (χ1) is 11.3. The first kappa shape index (κ1) is 17.0. The fraction of sp³-hybridized carbons (Fsp3) is 0.353. The normalized spacial score (nSPS) is 15.8. The Labute approximate surface area is 146 Å². The lowest BCUT2D eigenvalue weighted by atomic mass is 10.1. The number of sulfonamides is 1. The molecule has 2 aromatic rings. The van der Waals surface area contributed by atoms with E-state index in [1.807, 2.05) is 24.4 Å². The zero-order valence-corrected chi connectivity index (χ0v) is 15.2. The van der Waals surface area contributed by atoms with E-state index in [0.717, 1.165) is 35.1 Å². The van der Waals surface area contributed by atoms with E-state index >= 15 is 0 Å². The van der Waals surface area contributed by atoms with Gasteiger partial charge < -0.3 is 5.32 Å². The molecule has 1 aliphatic rings. The summed E-state index contributed by atoms with van der Waals surface area (Å²) in [5.41, 5.74) is 2.49. The molecule has 24 heavy (non-hydrogen) atoms. The predicted octanol–water partition coefficient (Wildman–Crippen LogP) is 3.49. The van der Waals surface area contributed by atoms with Gasteiger partial charge in [0.15, 0.2) is 0 Å². The molecule has 2 N–H and O–H groups in total. The lowest BCUT2D eigenvalue weighted by molar-refractivity contribution is 0.0943. The average Bonchev–Trinajstić information content (AvgIpc) is 3.22. The topological polar surface area (TPSA) is 75.3 Å². The van der Waals surface area contributed by atoms with Crippen LogP contribution in [0.2, 0.25) is 0 Å². The number of thiophene rings is 1. The lowest BCUT2D eigenvalue weighted by Crippen LogP contribution is -2.26. The van der Waals surface area contributed by atoms with Gasteiger partial charge in [-0.15, -0.1) is 11.3 Å². The van der Waals surface area contributed by atoms with Crippen molar-refractivity contribution < 1.29 is 13.2 Å². The summed E-state index contributed by atoms with van der Waals surface area (Å²) in [6, 6.07) is 8.89. The molecule has 5 nitrogen and oxygen atoms in total. The maximum atomic E-state index is 12.5. The maximum absolute atomic E-state index is 12.5. The van der Waals surface area contributed by atoms with Crippen LogP contribution in [0.15, 0.2) is 35.7 Å². The molecule has 1 unspecified atom stereocenters. The molecule has 1 saturated carbocycles. The van der Waals surface area contributed by atoms with E-state index in [0.29, 0.717) is 11.6 Å². The first-order valence-corrected chi connectivity index (χ1v) is 10.6. The van der Waals surface area contributed by atoms with E-state index in [-0.39, 0.29) is 11.9 Å². The molecule has 3 rings (SSSR count). The number of benzene rings is 1. The monoisotopic (exact) mass is 364 g/mol. The quantitative estimate of drug-likeness (QED) is 0.824. The van der Waals surface area contributed by atoms with Gasteiger partial charge >= 0.3 is 0 Å². The largest absolute Gasteiger partial charge is 0.345 e. The van der Waals surface area contributed by atoms with Crippen LogP contribution in [0.3, 0.4) is 0 Å². The second-order valence-corrected chi connectivity index (χ2v) is 8.84. The van der Waals surface area contributed by atoms with Gasteiger partial charge in [0.2, 0.25) is 10.0 Å². The van der Waals surface area contributed by atoms with Crippen molar-refractivity contribution in [1.82, 2.24) is 5.32 Å². The van der Waals surface area contributed by atoms with Gasteiger partial charge in [-0.05, 0) is 60.4 Å². The SMILES string of the molecule is CC(NC(=O)c1sccc1C1CC1)c1cccc(NS(C)(=O)=O)c1. The van der Waals surface area contributed by atoms with Crippen molar-refractivity contribution in [2.24, 2.45) is 0 Å². The van der Waals surface area contributed by atoms with Crippen LogP contribution in [0, 0.1) is 0 Å². The summed E-state index contributed by atoms with van der Waals surface area (Å²) in [5, 5.41) is 4.97. The van der Waals surface area contributed by atoms with E-state index in [1.54, 1.807) is 18.2 Å². The molecule has 1 atom stereocenters. The zero-order valence-electron chi connectivity index (χ0n) is 13.6. The Bertz CT molecular complexity index is 854. The fourth-order valence-electron chi connectivity index (χ4n) is 2.65. The highest BCUT2D eigenvalue weighted by atomic mass is 32.2. The van der Waals surface area contributed by atoms with Gasteiger partial charge in [0, 0.05) is 5.69 Å². The molecular weight excluding hydrogens is 344 g/mol. The molecule has 128 valence electrons. The van der Waals surface area contributed by atoms with Crippen molar-refractivity contribution >= 4 is 33.0 Å². The highest BCUT2D eigenvalue weighted by Crippen LogP contribution is 2.43. The second kappa shape index (κ2) is 6.57. The van der Waals surface area contributed by atoms with E-state index < -0.39 is 10.0 Å². The van der Waals surface area contributed by atoms with Crippen LogP contribution in [-0.4, -0.2) is 20.6 Å². The highest BCUT2D eigenvalue weighted by molar-refractivity contribution is 7.92. The third kappa shape index (κ3) is 4.15. The van der Waals surface area contributed by atoms with Crippen molar-refractivity contribution in [2.45, 2.75) is 31.7 Å². The Balaban J connectivity index is 1.72. The minimum Gasteiger partial charge on any atom is -0.345 e. The van der Waals surface area contributed by atoms with Gasteiger partial charge in [-0.2, -0.15) is 0 Å². The highest BCUT2D eigenvalue weighted by Gasteiger charge is 2.29. The van der Waals surface area contributed by atoms with E-state index in [9.17, 15) is 13.2 Å². The maximum Gasteiger partial charge on any atom is 0.262 e. The summed E-state index contributed by atoms with van der Waals surface area (Å²) in [5.74, 6) is 0.468. The van der Waals surface area contributed by atoms with Crippen LogP contribution in [0.25, 0.3) is 0 Å². The average molecular weight is 364 g/mol. The van der Waals surface area contributed by atoms with Crippen LogP contribution in [0.1, 0.15) is 52.5 Å². The minimum absolute atomic E-state index is 0.0686. The standard InChI is InChI=1S/C17H20N2O3S2/c1-11(13-4-3-5-14(10-13)19-24(2,21)22)18-17(20)16-15(8-9-23-16)12-6-7-12/h3-5,8-12,19H,6-7H2,1-2H3,(H,18,20). The number of carbonyl (C=O) groups excluding carboxylic acids is 1. The third-order valence-electron chi connectivity index (χ3n) is 3.96. The Morgan fingerprint density at radius 3 is 2.71 bits per heavy atom. The summed E-state index contributed by atoms with van der Waals surface area (Å²) in [6.07, 6.45) is 3.43. The molecule has 1 heterocycles. The van der Waals surface area contributed by atoms with Crippen molar-refractivity contribution in [1.29, 1.82) is 0 Å². The first-order valence-electron chi connectivity index (χ1n) is 7.79. The van der Waals surface area contributed by atoms with Crippen LogP contribution >= 0.6 is 11.3 Å². The van der Waals surface area contributed by atoms with Crippen LogP contribution < -0.4 is 10.0 Å². The summed E-state index contributed by atoms with van der Waals surface area (Å²) >= 11 is 1.47. The van der Waals surface area contributed by atoms with E-state index in [2.05, 4.69) is 10.0 Å². The third-order valence-corrected chi connectivity index (χ3v) is 5.49. The summed E-state index contributed by atoms with van der Waals surface area (Å²) in [7, 11) is -3.32. The smallest absolute Gasteiger partial charge is 0.262 e. The molecule has 1 aromatic carbocycles. The van der Waals surface area contributed by atoms with Crippen molar-refractivity contribution in [3.63, 3.8) is 0 Å². The minimum atomic E-state index is -3.32. The molecule has 0 spiro atoms. The van der Waals surface area contributed by atoms with Gasteiger partial charge in [0.1, 0.15) is 0 Å². The van der Waals surface area contributed by atoms with E-state index in [4.69, 9.17) is 0 Å².